The number of urea groups is 1. The molecule has 0 bridgehead atoms. The predicted octanol–water partition coefficient (Wildman–Crippen LogP) is 5.32. The first-order chi connectivity index (χ1) is 16.9. The number of anilines is 1. The fraction of sp³-hybridized carbons (Fsp3) is 0.120. The summed E-state index contributed by atoms with van der Waals surface area (Å²) in [5, 5.41) is 14.0. The Morgan fingerprint density at radius 2 is 1.83 bits per heavy atom. The number of amides is 3. The molecule has 1 N–H and O–H groups in total. The molecule has 178 valence electrons. The van der Waals surface area contributed by atoms with E-state index in [2.05, 4.69) is 5.32 Å². The minimum Gasteiger partial charge on any atom is -0.490 e. The van der Waals surface area contributed by atoms with Crippen LogP contribution in [-0.2, 0) is 11.4 Å². The van der Waals surface area contributed by atoms with Gasteiger partial charge in [0.1, 0.15) is 12.3 Å². The van der Waals surface area contributed by atoms with E-state index in [1.165, 1.54) is 24.3 Å². The summed E-state index contributed by atoms with van der Waals surface area (Å²) in [4.78, 5) is 36.8. The molecule has 0 radical (unpaired) electrons. The Kier molecular flexibility index (Phi) is 6.98. The van der Waals surface area contributed by atoms with Gasteiger partial charge in [0.25, 0.3) is 11.6 Å². The number of carbonyl (C=O) groups excluding carboxylic acids is 2. The van der Waals surface area contributed by atoms with Crippen molar-refractivity contribution in [2.45, 2.75) is 13.5 Å². The second-order valence-electron chi connectivity index (χ2n) is 7.46. The van der Waals surface area contributed by atoms with Crippen molar-refractivity contribution in [3.63, 3.8) is 0 Å². The lowest BCUT2D eigenvalue weighted by atomic mass is 10.1. The first-order valence-corrected chi connectivity index (χ1v) is 11.0. The van der Waals surface area contributed by atoms with E-state index in [-0.39, 0.29) is 18.0 Å². The lowest BCUT2D eigenvalue weighted by Gasteiger charge is -2.13. The van der Waals surface area contributed by atoms with Gasteiger partial charge >= 0.3 is 6.03 Å². The van der Waals surface area contributed by atoms with Gasteiger partial charge in [0.05, 0.1) is 17.2 Å². The molecule has 10 heteroatoms. The third kappa shape index (κ3) is 5.42. The quantitative estimate of drug-likeness (QED) is 0.197. The van der Waals surface area contributed by atoms with Crippen LogP contribution in [0.5, 0.6) is 11.5 Å². The standard InChI is InChI=1S/C25H20ClN3O6/c1-2-34-23-13-16(9-10-22(23)35-15-17-5-3-8-20(11-17)29(32)33)12-21-24(30)28(25(31)27-21)19-7-4-6-18(26)14-19/h3-14H,2,15H2,1H3,(H,27,31)/b21-12+. The largest absolute Gasteiger partial charge is 0.490 e. The van der Waals surface area contributed by atoms with E-state index in [1.807, 2.05) is 6.92 Å². The molecule has 0 unspecified atom stereocenters. The molecule has 9 nitrogen and oxygen atoms in total. The maximum Gasteiger partial charge on any atom is 0.333 e. The number of hydrogen-bond acceptors (Lipinski definition) is 6. The summed E-state index contributed by atoms with van der Waals surface area (Å²) in [6.07, 6.45) is 1.54. The van der Waals surface area contributed by atoms with E-state index in [1.54, 1.807) is 48.5 Å². The van der Waals surface area contributed by atoms with Crippen LogP contribution < -0.4 is 19.7 Å². The molecule has 0 spiro atoms. The highest BCUT2D eigenvalue weighted by Crippen LogP contribution is 2.31. The van der Waals surface area contributed by atoms with Gasteiger partial charge in [-0.05, 0) is 54.5 Å². The molecule has 1 aliphatic rings. The number of halogens is 1. The fourth-order valence-electron chi connectivity index (χ4n) is 3.47. The van der Waals surface area contributed by atoms with Crippen LogP contribution in [0.2, 0.25) is 5.02 Å². The highest BCUT2D eigenvalue weighted by atomic mass is 35.5. The van der Waals surface area contributed by atoms with Crippen LogP contribution in [0.15, 0.2) is 72.4 Å². The molecule has 1 aliphatic heterocycles. The zero-order valence-electron chi connectivity index (χ0n) is 18.6. The van der Waals surface area contributed by atoms with Crippen molar-refractivity contribution in [1.29, 1.82) is 0 Å². The molecule has 0 atom stereocenters. The van der Waals surface area contributed by atoms with E-state index < -0.39 is 16.9 Å². The van der Waals surface area contributed by atoms with Crippen LogP contribution in [0.25, 0.3) is 6.08 Å². The van der Waals surface area contributed by atoms with Crippen molar-refractivity contribution >= 4 is 41.0 Å². The molecule has 1 heterocycles. The zero-order valence-corrected chi connectivity index (χ0v) is 19.3. The van der Waals surface area contributed by atoms with Gasteiger partial charge in [-0.1, -0.05) is 35.9 Å². The Hall–Kier alpha value is -4.37. The first-order valence-electron chi connectivity index (χ1n) is 10.6. The maximum absolute atomic E-state index is 12.9. The summed E-state index contributed by atoms with van der Waals surface area (Å²) in [6, 6.07) is 17.1. The number of nitro benzene ring substituents is 1. The van der Waals surface area contributed by atoms with E-state index >= 15 is 0 Å². The Morgan fingerprint density at radius 1 is 1.03 bits per heavy atom. The number of nitro groups is 1. The molecule has 0 saturated carbocycles. The maximum atomic E-state index is 12.9. The highest BCUT2D eigenvalue weighted by molar-refractivity contribution is 6.32. The summed E-state index contributed by atoms with van der Waals surface area (Å²) in [6.45, 7) is 2.29. The second-order valence-corrected chi connectivity index (χ2v) is 7.90. The molecule has 0 aromatic heterocycles. The summed E-state index contributed by atoms with van der Waals surface area (Å²) in [7, 11) is 0. The normalized spacial score (nSPS) is 14.2. The minimum absolute atomic E-state index is 0.0202. The number of nitrogens with zero attached hydrogens (tertiary/aromatic N) is 2. The minimum atomic E-state index is -0.578. The topological polar surface area (TPSA) is 111 Å². The Bertz CT molecular complexity index is 1340. The molecular formula is C25H20ClN3O6. The summed E-state index contributed by atoms with van der Waals surface area (Å²) >= 11 is 5.99. The molecule has 0 aliphatic carbocycles. The van der Waals surface area contributed by atoms with Crippen molar-refractivity contribution in [3.8, 4) is 11.5 Å². The van der Waals surface area contributed by atoms with Crippen LogP contribution in [0.1, 0.15) is 18.1 Å². The van der Waals surface area contributed by atoms with Gasteiger partial charge in [0.15, 0.2) is 11.5 Å². The molecule has 1 fully saturated rings. The van der Waals surface area contributed by atoms with Crippen molar-refractivity contribution in [3.05, 3.63) is 98.7 Å². The Balaban J connectivity index is 1.54. The lowest BCUT2D eigenvalue weighted by Crippen LogP contribution is -2.30. The number of carbonyl (C=O) groups is 2. The van der Waals surface area contributed by atoms with Crippen LogP contribution in [-0.4, -0.2) is 23.5 Å². The smallest absolute Gasteiger partial charge is 0.333 e. The third-order valence-corrected chi connectivity index (χ3v) is 5.27. The molecule has 3 amide bonds. The van der Waals surface area contributed by atoms with Crippen LogP contribution >= 0.6 is 11.6 Å². The van der Waals surface area contributed by atoms with Crippen LogP contribution in [0.3, 0.4) is 0 Å². The number of non-ortho nitro benzene ring substituents is 1. The molecule has 35 heavy (non-hydrogen) atoms. The lowest BCUT2D eigenvalue weighted by molar-refractivity contribution is -0.384. The number of benzene rings is 3. The van der Waals surface area contributed by atoms with Crippen molar-refractivity contribution in [2.24, 2.45) is 0 Å². The SMILES string of the molecule is CCOc1cc(/C=C2/NC(=O)N(c3cccc(Cl)c3)C2=O)ccc1OCc1cccc([N+](=O)[O-])c1. The Morgan fingerprint density at radius 3 is 2.57 bits per heavy atom. The van der Waals surface area contributed by atoms with Crippen molar-refractivity contribution in [1.82, 2.24) is 5.32 Å². The van der Waals surface area contributed by atoms with Crippen LogP contribution in [0, 0.1) is 10.1 Å². The molecule has 3 aromatic rings. The van der Waals surface area contributed by atoms with Gasteiger partial charge in [-0.3, -0.25) is 14.9 Å². The van der Waals surface area contributed by atoms with E-state index in [9.17, 15) is 19.7 Å². The van der Waals surface area contributed by atoms with Gasteiger partial charge in [-0.25, -0.2) is 9.69 Å². The van der Waals surface area contributed by atoms with E-state index in [0.717, 1.165) is 4.90 Å². The molecule has 4 rings (SSSR count). The second kappa shape index (κ2) is 10.3. The monoisotopic (exact) mass is 493 g/mol. The van der Waals surface area contributed by atoms with Gasteiger partial charge in [0, 0.05) is 17.2 Å². The predicted molar refractivity (Wildman–Crippen MR) is 130 cm³/mol. The van der Waals surface area contributed by atoms with Gasteiger partial charge < -0.3 is 14.8 Å². The Labute approximate surface area is 205 Å². The fourth-order valence-corrected chi connectivity index (χ4v) is 3.66. The average Bonchev–Trinajstić information content (AvgIpc) is 3.11. The number of nitrogens with one attached hydrogen (secondary N) is 1. The summed E-state index contributed by atoms with van der Waals surface area (Å²) < 4.78 is 11.5. The summed E-state index contributed by atoms with van der Waals surface area (Å²) in [5.74, 6) is 0.347. The summed E-state index contributed by atoms with van der Waals surface area (Å²) in [5.41, 5.74) is 1.68. The van der Waals surface area contributed by atoms with Crippen molar-refractivity contribution < 1.29 is 24.0 Å². The highest BCUT2D eigenvalue weighted by Gasteiger charge is 2.35. The van der Waals surface area contributed by atoms with Crippen LogP contribution in [0.4, 0.5) is 16.2 Å². The third-order valence-electron chi connectivity index (χ3n) is 5.04. The molecular weight excluding hydrogens is 474 g/mol. The number of hydrogen-bond donors (Lipinski definition) is 1. The van der Waals surface area contributed by atoms with Gasteiger partial charge in [0.2, 0.25) is 0 Å². The zero-order chi connectivity index (χ0) is 24.9. The number of ether oxygens (including phenoxy) is 2. The first kappa shape index (κ1) is 23.8. The molecule has 1 saturated heterocycles. The average molecular weight is 494 g/mol. The van der Waals surface area contributed by atoms with Gasteiger partial charge in [-0.15, -0.1) is 0 Å². The number of rotatable bonds is 8. The van der Waals surface area contributed by atoms with Gasteiger partial charge in [-0.2, -0.15) is 0 Å². The number of imide groups is 1. The van der Waals surface area contributed by atoms with E-state index in [0.29, 0.717) is 39.9 Å². The van der Waals surface area contributed by atoms with E-state index in [4.69, 9.17) is 21.1 Å². The van der Waals surface area contributed by atoms with Crippen molar-refractivity contribution in [2.75, 3.05) is 11.5 Å². The molecule has 3 aromatic carbocycles.